The topological polar surface area (TPSA) is 48.1 Å². The number of aromatic nitrogens is 1. The van der Waals surface area contributed by atoms with Crippen molar-refractivity contribution in [3.8, 4) is 0 Å². The van der Waals surface area contributed by atoms with Gasteiger partial charge in [0.15, 0.2) is 0 Å². The lowest BCUT2D eigenvalue weighted by Crippen LogP contribution is -2.30. The second kappa shape index (κ2) is 7.41. The summed E-state index contributed by atoms with van der Waals surface area (Å²) in [5.74, 6) is 0.658. The van der Waals surface area contributed by atoms with Crippen LogP contribution in [0.15, 0.2) is 24.5 Å². The Morgan fingerprint density at radius 2 is 1.94 bits per heavy atom. The van der Waals surface area contributed by atoms with E-state index in [1.54, 1.807) is 12.4 Å². The van der Waals surface area contributed by atoms with Crippen molar-refractivity contribution in [1.29, 1.82) is 0 Å². The second-order valence-electron chi connectivity index (χ2n) is 4.83. The Kier molecular flexibility index (Phi) is 6.16. The van der Waals surface area contributed by atoms with E-state index in [9.17, 15) is 0 Å². The summed E-state index contributed by atoms with van der Waals surface area (Å²) in [5, 5.41) is 0. The molecule has 1 heterocycles. The van der Waals surface area contributed by atoms with Crippen molar-refractivity contribution in [1.82, 2.24) is 4.98 Å². The Morgan fingerprint density at radius 1 is 1.29 bits per heavy atom. The molecule has 17 heavy (non-hydrogen) atoms. The number of hydrogen-bond donors (Lipinski definition) is 1. The first-order valence-electron chi connectivity index (χ1n) is 6.42. The van der Waals surface area contributed by atoms with Crippen LogP contribution in [0.5, 0.6) is 0 Å². The summed E-state index contributed by atoms with van der Waals surface area (Å²) < 4.78 is 5.94. The highest BCUT2D eigenvalue weighted by molar-refractivity contribution is 5.15. The largest absolute Gasteiger partial charge is 0.372 e. The number of pyridine rings is 1. The fraction of sp³-hybridized carbons (Fsp3) is 0.643. The first kappa shape index (κ1) is 14.1. The number of rotatable bonds is 7. The third-order valence-corrected chi connectivity index (χ3v) is 2.89. The van der Waals surface area contributed by atoms with Crippen molar-refractivity contribution in [2.45, 2.75) is 45.8 Å². The van der Waals surface area contributed by atoms with Crippen molar-refractivity contribution in [3.05, 3.63) is 30.1 Å². The number of ether oxygens (including phenoxy) is 1. The maximum absolute atomic E-state index is 6.12. The van der Waals surface area contributed by atoms with E-state index in [2.05, 4.69) is 25.8 Å². The van der Waals surface area contributed by atoms with Crippen LogP contribution < -0.4 is 5.73 Å². The van der Waals surface area contributed by atoms with Crippen LogP contribution in [-0.4, -0.2) is 17.6 Å². The lowest BCUT2D eigenvalue weighted by atomic mass is 10.0. The van der Waals surface area contributed by atoms with Gasteiger partial charge in [0.25, 0.3) is 0 Å². The summed E-state index contributed by atoms with van der Waals surface area (Å²) in [5.41, 5.74) is 7.24. The molecule has 0 spiro atoms. The summed E-state index contributed by atoms with van der Waals surface area (Å²) >= 11 is 0. The van der Waals surface area contributed by atoms with Crippen molar-refractivity contribution in [2.75, 3.05) is 6.61 Å². The molecule has 0 aliphatic rings. The zero-order chi connectivity index (χ0) is 12.7. The summed E-state index contributed by atoms with van der Waals surface area (Å²) in [6.07, 6.45) is 5.54. The van der Waals surface area contributed by atoms with Gasteiger partial charge in [0, 0.05) is 25.0 Å². The Labute approximate surface area is 104 Å². The van der Waals surface area contributed by atoms with Crippen LogP contribution in [0.1, 0.15) is 45.3 Å². The van der Waals surface area contributed by atoms with Crippen LogP contribution in [0, 0.1) is 5.92 Å². The molecule has 1 aromatic heterocycles. The molecule has 0 aliphatic carbocycles. The van der Waals surface area contributed by atoms with Gasteiger partial charge in [-0.3, -0.25) is 4.98 Å². The number of nitrogens with zero attached hydrogens (tertiary/aromatic N) is 1. The molecule has 0 bridgehead atoms. The van der Waals surface area contributed by atoms with Gasteiger partial charge in [-0.2, -0.15) is 0 Å². The highest BCUT2D eigenvalue weighted by Crippen LogP contribution is 2.22. The van der Waals surface area contributed by atoms with Gasteiger partial charge in [0.05, 0.1) is 6.10 Å². The van der Waals surface area contributed by atoms with Gasteiger partial charge in [0.1, 0.15) is 0 Å². The minimum atomic E-state index is -0.0123. The highest BCUT2D eigenvalue weighted by atomic mass is 16.5. The molecule has 2 unspecified atom stereocenters. The van der Waals surface area contributed by atoms with Crippen molar-refractivity contribution in [3.63, 3.8) is 0 Å². The standard InChI is InChI=1S/C14H24N2O/c1-4-13(15)14(17-10-7-11(2)3)12-5-8-16-9-6-12/h5-6,8-9,11,13-14H,4,7,10,15H2,1-3H3. The molecule has 0 saturated carbocycles. The molecule has 2 atom stereocenters. The monoisotopic (exact) mass is 236 g/mol. The van der Waals surface area contributed by atoms with Gasteiger partial charge in [-0.1, -0.05) is 20.8 Å². The van der Waals surface area contributed by atoms with Gasteiger partial charge in [0.2, 0.25) is 0 Å². The zero-order valence-corrected chi connectivity index (χ0v) is 11.1. The highest BCUT2D eigenvalue weighted by Gasteiger charge is 2.18. The average molecular weight is 236 g/mol. The van der Waals surface area contributed by atoms with Gasteiger partial charge >= 0.3 is 0 Å². The predicted molar refractivity (Wildman–Crippen MR) is 70.7 cm³/mol. The molecule has 3 nitrogen and oxygen atoms in total. The van der Waals surface area contributed by atoms with Gasteiger partial charge in [-0.05, 0) is 36.5 Å². The molecule has 0 radical (unpaired) electrons. The summed E-state index contributed by atoms with van der Waals surface area (Å²) in [4.78, 5) is 4.03. The Bertz CT molecular complexity index is 300. The molecule has 0 saturated heterocycles. The van der Waals surface area contributed by atoms with E-state index in [-0.39, 0.29) is 12.1 Å². The molecule has 1 aromatic rings. The molecule has 0 aromatic carbocycles. The van der Waals surface area contributed by atoms with Crippen LogP contribution in [0.2, 0.25) is 0 Å². The Hall–Kier alpha value is -0.930. The van der Waals surface area contributed by atoms with Crippen molar-refractivity contribution < 1.29 is 4.74 Å². The minimum absolute atomic E-state index is 0.0123. The quantitative estimate of drug-likeness (QED) is 0.792. The molecule has 3 heteroatoms. The lowest BCUT2D eigenvalue weighted by molar-refractivity contribution is 0.0275. The fourth-order valence-corrected chi connectivity index (χ4v) is 1.66. The molecule has 0 fully saturated rings. The molecule has 2 N–H and O–H groups in total. The van der Waals surface area contributed by atoms with E-state index in [1.807, 2.05) is 12.1 Å². The molecule has 0 aliphatic heterocycles. The predicted octanol–water partition coefficient (Wildman–Crippen LogP) is 2.92. The SMILES string of the molecule is CCC(N)C(OCCC(C)C)c1ccncc1. The molecule has 0 amide bonds. The molecular formula is C14H24N2O. The third-order valence-electron chi connectivity index (χ3n) is 2.89. The maximum atomic E-state index is 6.12. The van der Waals surface area contributed by atoms with E-state index >= 15 is 0 Å². The maximum Gasteiger partial charge on any atom is 0.0976 e. The van der Waals surface area contributed by atoms with E-state index in [0.717, 1.165) is 25.0 Å². The van der Waals surface area contributed by atoms with Gasteiger partial charge in [-0.15, -0.1) is 0 Å². The summed E-state index contributed by atoms with van der Waals surface area (Å²) in [6, 6.07) is 4.01. The fourth-order valence-electron chi connectivity index (χ4n) is 1.66. The molecule has 1 rings (SSSR count). The normalized spacial score (nSPS) is 14.9. The Morgan fingerprint density at radius 3 is 2.47 bits per heavy atom. The average Bonchev–Trinajstić information content (AvgIpc) is 2.34. The Balaban J connectivity index is 2.61. The van der Waals surface area contributed by atoms with Gasteiger partial charge < -0.3 is 10.5 Å². The lowest BCUT2D eigenvalue weighted by Gasteiger charge is -2.24. The smallest absolute Gasteiger partial charge is 0.0976 e. The first-order chi connectivity index (χ1) is 8.15. The van der Waals surface area contributed by atoms with Gasteiger partial charge in [-0.25, -0.2) is 0 Å². The van der Waals surface area contributed by atoms with Crippen LogP contribution >= 0.6 is 0 Å². The summed E-state index contributed by atoms with van der Waals surface area (Å²) in [6.45, 7) is 7.25. The van der Waals surface area contributed by atoms with Crippen LogP contribution in [0.4, 0.5) is 0 Å². The number of hydrogen-bond acceptors (Lipinski definition) is 3. The third kappa shape index (κ3) is 4.84. The minimum Gasteiger partial charge on any atom is -0.372 e. The van der Waals surface area contributed by atoms with Crippen molar-refractivity contribution in [2.24, 2.45) is 11.7 Å². The van der Waals surface area contributed by atoms with Crippen LogP contribution in [0.25, 0.3) is 0 Å². The first-order valence-corrected chi connectivity index (χ1v) is 6.42. The van der Waals surface area contributed by atoms with E-state index < -0.39 is 0 Å². The van der Waals surface area contributed by atoms with Crippen LogP contribution in [0.3, 0.4) is 0 Å². The van der Waals surface area contributed by atoms with E-state index in [1.165, 1.54) is 0 Å². The van der Waals surface area contributed by atoms with Crippen LogP contribution in [-0.2, 0) is 4.74 Å². The van der Waals surface area contributed by atoms with E-state index in [0.29, 0.717) is 5.92 Å². The number of nitrogens with two attached hydrogens (primary N) is 1. The van der Waals surface area contributed by atoms with Crippen molar-refractivity contribution >= 4 is 0 Å². The zero-order valence-electron chi connectivity index (χ0n) is 11.1. The summed E-state index contributed by atoms with van der Waals surface area (Å²) in [7, 11) is 0. The molecule has 96 valence electrons. The van der Waals surface area contributed by atoms with E-state index in [4.69, 9.17) is 10.5 Å². The molecular weight excluding hydrogens is 212 g/mol. The second-order valence-corrected chi connectivity index (χ2v) is 4.83.